The van der Waals surface area contributed by atoms with E-state index in [0.717, 1.165) is 29.9 Å². The summed E-state index contributed by atoms with van der Waals surface area (Å²) < 4.78 is 4.11. The van der Waals surface area contributed by atoms with Gasteiger partial charge in [-0.3, -0.25) is 4.79 Å². The lowest BCUT2D eigenvalue weighted by molar-refractivity contribution is 0.231. The fraction of sp³-hybridized carbons (Fsp3) is 0.700. The Morgan fingerprint density at radius 3 is 2.56 bits per heavy atom. The van der Waals surface area contributed by atoms with Gasteiger partial charge >= 0.3 is 0 Å². The molecule has 2 atom stereocenters. The van der Waals surface area contributed by atoms with Gasteiger partial charge in [0, 0.05) is 24.9 Å². The van der Waals surface area contributed by atoms with Crippen molar-refractivity contribution < 1.29 is 4.79 Å². The van der Waals surface area contributed by atoms with Crippen molar-refractivity contribution in [3.05, 3.63) is 5.01 Å². The zero-order valence-corrected chi connectivity index (χ0v) is 11.3. The molecule has 0 spiro atoms. The first kappa shape index (κ1) is 11.9. The van der Waals surface area contributed by atoms with Gasteiger partial charge in [-0.15, -0.1) is 0 Å². The number of aromatic nitrogens is 2. The third kappa shape index (κ3) is 2.55. The van der Waals surface area contributed by atoms with Crippen molar-refractivity contribution in [2.45, 2.75) is 25.9 Å². The highest BCUT2D eigenvalue weighted by Gasteiger charge is 2.30. The number of hydrogen-bond donors (Lipinski definition) is 0. The molecule has 0 aromatic carbocycles. The molecule has 2 rings (SSSR count). The standard InChI is InChI=1S/C10H15N3OS2/c1-6-4-13(5-7(6)2)10(14)15-9-11-8(3)16-12-9/h6-7H,4-5H2,1-3H3. The number of aryl methyl sites for hydroxylation is 1. The molecule has 1 aromatic rings. The van der Waals surface area contributed by atoms with Crippen molar-refractivity contribution >= 4 is 28.5 Å². The Morgan fingerprint density at radius 1 is 1.44 bits per heavy atom. The average molecular weight is 257 g/mol. The Hall–Kier alpha value is -0.620. The molecule has 1 aromatic heterocycles. The van der Waals surface area contributed by atoms with Crippen LogP contribution >= 0.6 is 23.3 Å². The van der Waals surface area contributed by atoms with Gasteiger partial charge in [-0.1, -0.05) is 13.8 Å². The van der Waals surface area contributed by atoms with Gasteiger partial charge in [0.15, 0.2) is 0 Å². The lowest BCUT2D eigenvalue weighted by Crippen LogP contribution is -2.24. The lowest BCUT2D eigenvalue weighted by Gasteiger charge is -2.13. The smallest absolute Gasteiger partial charge is 0.289 e. The number of carbonyl (C=O) groups excluding carboxylic acids is 1. The average Bonchev–Trinajstić information content (AvgIpc) is 2.75. The van der Waals surface area contributed by atoms with Crippen molar-refractivity contribution in [2.24, 2.45) is 11.8 Å². The molecule has 0 radical (unpaired) electrons. The normalized spacial score (nSPS) is 25.1. The summed E-state index contributed by atoms with van der Waals surface area (Å²) in [7, 11) is 0. The quantitative estimate of drug-likeness (QED) is 0.726. The summed E-state index contributed by atoms with van der Waals surface area (Å²) in [5, 5.41) is 1.56. The van der Waals surface area contributed by atoms with Gasteiger partial charge in [0.1, 0.15) is 5.01 Å². The molecule has 6 heteroatoms. The zero-order chi connectivity index (χ0) is 11.7. The van der Waals surface area contributed by atoms with E-state index in [2.05, 4.69) is 23.2 Å². The number of amides is 1. The second kappa shape index (κ2) is 4.71. The molecule has 2 heterocycles. The Labute approximate surface area is 104 Å². The second-order valence-corrected chi connectivity index (χ2v) is 6.20. The van der Waals surface area contributed by atoms with E-state index >= 15 is 0 Å². The van der Waals surface area contributed by atoms with E-state index in [0.29, 0.717) is 17.0 Å². The highest BCUT2D eigenvalue weighted by atomic mass is 32.2. The predicted molar refractivity (Wildman–Crippen MR) is 65.8 cm³/mol. The maximum absolute atomic E-state index is 11.9. The minimum absolute atomic E-state index is 0.0778. The van der Waals surface area contributed by atoms with Crippen LogP contribution in [0.4, 0.5) is 4.79 Å². The topological polar surface area (TPSA) is 46.1 Å². The van der Waals surface area contributed by atoms with Crippen molar-refractivity contribution in [2.75, 3.05) is 13.1 Å². The van der Waals surface area contributed by atoms with Gasteiger partial charge in [-0.2, -0.15) is 4.37 Å². The first-order valence-corrected chi connectivity index (χ1v) is 6.92. The SMILES string of the molecule is Cc1nc(SC(=O)N2CC(C)C(C)C2)ns1. The summed E-state index contributed by atoms with van der Waals surface area (Å²) in [5.74, 6) is 1.18. The van der Waals surface area contributed by atoms with Crippen LogP contribution in [0.25, 0.3) is 0 Å². The van der Waals surface area contributed by atoms with Crippen molar-refractivity contribution in [3.8, 4) is 0 Å². The molecule has 0 saturated carbocycles. The van der Waals surface area contributed by atoms with Crippen LogP contribution in [0.3, 0.4) is 0 Å². The molecule has 0 aliphatic carbocycles. The van der Waals surface area contributed by atoms with E-state index in [1.165, 1.54) is 11.5 Å². The molecule has 0 N–H and O–H groups in total. The number of rotatable bonds is 1. The van der Waals surface area contributed by atoms with Crippen LogP contribution in [0.2, 0.25) is 0 Å². The molecular formula is C10H15N3OS2. The van der Waals surface area contributed by atoms with Crippen LogP contribution in [0.5, 0.6) is 0 Å². The summed E-state index contributed by atoms with van der Waals surface area (Å²) in [5.41, 5.74) is 0. The molecule has 1 fully saturated rings. The Morgan fingerprint density at radius 2 is 2.06 bits per heavy atom. The summed E-state index contributed by atoms with van der Waals surface area (Å²) >= 11 is 2.48. The van der Waals surface area contributed by atoms with Crippen LogP contribution in [0.1, 0.15) is 18.9 Å². The Balaban J connectivity index is 1.94. The van der Waals surface area contributed by atoms with Gasteiger partial charge in [0.05, 0.1) is 0 Å². The minimum atomic E-state index is 0.0778. The molecule has 1 aliphatic rings. The van der Waals surface area contributed by atoms with Crippen molar-refractivity contribution in [3.63, 3.8) is 0 Å². The van der Waals surface area contributed by atoms with Crippen molar-refractivity contribution in [1.82, 2.24) is 14.3 Å². The second-order valence-electron chi connectivity index (χ2n) is 4.32. The summed E-state index contributed by atoms with van der Waals surface area (Å²) in [6, 6.07) is 0. The van der Waals surface area contributed by atoms with E-state index < -0.39 is 0 Å². The molecule has 1 amide bonds. The number of carbonyl (C=O) groups is 1. The molecule has 16 heavy (non-hydrogen) atoms. The lowest BCUT2D eigenvalue weighted by atomic mass is 10.0. The van der Waals surface area contributed by atoms with Crippen LogP contribution in [-0.4, -0.2) is 32.6 Å². The molecule has 1 aliphatic heterocycles. The number of hydrogen-bond acceptors (Lipinski definition) is 5. The minimum Gasteiger partial charge on any atom is -0.333 e. The first-order valence-electron chi connectivity index (χ1n) is 5.33. The van der Waals surface area contributed by atoms with Crippen molar-refractivity contribution in [1.29, 1.82) is 0 Å². The van der Waals surface area contributed by atoms with Crippen LogP contribution < -0.4 is 0 Å². The van der Waals surface area contributed by atoms with Gasteiger partial charge < -0.3 is 4.90 Å². The van der Waals surface area contributed by atoms with E-state index in [-0.39, 0.29) is 5.24 Å². The first-order chi connectivity index (χ1) is 7.56. The molecule has 0 bridgehead atoms. The van der Waals surface area contributed by atoms with Crippen LogP contribution in [-0.2, 0) is 0 Å². The number of likely N-dealkylation sites (tertiary alicyclic amines) is 1. The maximum atomic E-state index is 11.9. The Bertz CT molecular complexity index is 383. The largest absolute Gasteiger partial charge is 0.333 e. The molecule has 4 nitrogen and oxygen atoms in total. The van der Waals surface area contributed by atoms with Gasteiger partial charge in [-0.25, -0.2) is 4.98 Å². The molecule has 88 valence electrons. The molecule has 1 saturated heterocycles. The van der Waals surface area contributed by atoms with Gasteiger partial charge in [0.25, 0.3) is 5.24 Å². The predicted octanol–water partition coefficient (Wildman–Crippen LogP) is 2.65. The summed E-state index contributed by atoms with van der Waals surface area (Å²) in [4.78, 5) is 18.0. The molecular weight excluding hydrogens is 242 g/mol. The highest BCUT2D eigenvalue weighted by molar-refractivity contribution is 8.13. The number of thioether (sulfide) groups is 1. The molecule has 2 unspecified atom stereocenters. The third-order valence-electron chi connectivity index (χ3n) is 2.93. The van der Waals surface area contributed by atoms with E-state index in [1.54, 1.807) is 0 Å². The van der Waals surface area contributed by atoms with E-state index in [9.17, 15) is 4.79 Å². The summed E-state index contributed by atoms with van der Waals surface area (Å²) in [6.45, 7) is 7.99. The highest BCUT2D eigenvalue weighted by Crippen LogP contribution is 2.27. The van der Waals surface area contributed by atoms with Crippen LogP contribution in [0, 0.1) is 18.8 Å². The zero-order valence-electron chi connectivity index (χ0n) is 9.64. The Kier molecular flexibility index (Phi) is 3.49. The number of nitrogens with zero attached hydrogens (tertiary/aromatic N) is 3. The van der Waals surface area contributed by atoms with E-state index in [1.807, 2.05) is 11.8 Å². The van der Waals surface area contributed by atoms with Crippen LogP contribution in [0.15, 0.2) is 5.16 Å². The summed E-state index contributed by atoms with van der Waals surface area (Å²) in [6.07, 6.45) is 0. The fourth-order valence-corrected chi connectivity index (χ4v) is 3.06. The maximum Gasteiger partial charge on any atom is 0.289 e. The fourth-order valence-electron chi connectivity index (χ4n) is 1.74. The van der Waals surface area contributed by atoms with Gasteiger partial charge in [-0.05, 0) is 30.3 Å². The third-order valence-corrected chi connectivity index (χ3v) is 4.47. The van der Waals surface area contributed by atoms with Gasteiger partial charge in [0.2, 0.25) is 5.16 Å². The monoisotopic (exact) mass is 257 g/mol. The van der Waals surface area contributed by atoms with E-state index in [4.69, 9.17) is 0 Å².